The molecular formula is C81H52BN3O5. The molecule has 0 radical (unpaired) electrons. The number of hydrogen-bond acceptors (Lipinski definition) is 8. The van der Waals surface area contributed by atoms with Crippen molar-refractivity contribution in [2.24, 2.45) is 0 Å². The minimum atomic E-state index is -0.548. The molecule has 1 saturated heterocycles. The van der Waals surface area contributed by atoms with Crippen LogP contribution >= 0.6 is 0 Å². The Bertz CT molecular complexity index is 5950. The van der Waals surface area contributed by atoms with Crippen molar-refractivity contribution in [1.29, 1.82) is 0 Å². The lowest BCUT2D eigenvalue weighted by Gasteiger charge is -2.32. The van der Waals surface area contributed by atoms with Crippen LogP contribution in [-0.4, -0.2) is 33.3 Å². The summed E-state index contributed by atoms with van der Waals surface area (Å²) in [4.78, 5) is 15.9. The molecule has 8 nitrogen and oxygen atoms in total. The van der Waals surface area contributed by atoms with Crippen LogP contribution in [0.1, 0.15) is 27.7 Å². The molecule has 19 rings (SSSR count). The average molecular weight is 1160 g/mol. The third-order valence-corrected chi connectivity index (χ3v) is 19.5. The third kappa shape index (κ3) is 7.54. The predicted octanol–water partition coefficient (Wildman–Crippen LogP) is 21.0. The average Bonchev–Trinajstić information content (AvgIpc) is 1.42. The highest BCUT2D eigenvalue weighted by atomic mass is 16.7. The first kappa shape index (κ1) is 51.1. The van der Waals surface area contributed by atoms with E-state index in [1.165, 1.54) is 5.39 Å². The standard InChI is InChI=1S/C81H52BN3O5/c1-80(2)81(3,4)90-82(89-80)53-43-61(71-59-24-15-29-68-76(59)74-56(63(71)44-53)22-13-27-66(74)87-68)49-36-32-46(33-37-49)45-30-34-48(35-31-45)60-40-52(41-62-55-21-12-26-65-73(55)75-58(70(60)62)23-14-28-67(75)86-65)79-84-77(50-18-9-6-10-19-50)83-78(85-79)51-38-39-57-69(42-51)88-64-25-11-20-54(72(57)64)47-16-7-5-8-17-47/h5-44H,1-4H3. The number of fused-ring (bicyclic) bond motifs is 9. The second-order valence-corrected chi connectivity index (χ2v) is 25.1. The van der Waals surface area contributed by atoms with Crippen molar-refractivity contribution in [3.63, 3.8) is 0 Å². The number of aromatic nitrogens is 3. The Morgan fingerprint density at radius 1 is 0.256 bits per heavy atom. The molecule has 5 heterocycles. The van der Waals surface area contributed by atoms with Gasteiger partial charge in [0, 0.05) is 49.0 Å². The number of furan rings is 3. The Morgan fingerprint density at radius 3 is 1.22 bits per heavy atom. The molecule has 0 atom stereocenters. The fraction of sp³-hybridized carbons (Fsp3) is 0.0741. The Balaban J connectivity index is 0.758. The lowest BCUT2D eigenvalue weighted by Crippen LogP contribution is -2.41. The highest BCUT2D eigenvalue weighted by molar-refractivity contribution is 6.63. The molecule has 1 aliphatic heterocycles. The first-order valence-electron chi connectivity index (χ1n) is 30.7. The van der Waals surface area contributed by atoms with E-state index in [1.54, 1.807) is 0 Å². The summed E-state index contributed by atoms with van der Waals surface area (Å²) in [6.07, 6.45) is 0. The van der Waals surface area contributed by atoms with Gasteiger partial charge in [0.05, 0.1) is 11.2 Å². The minimum Gasteiger partial charge on any atom is -0.456 e. The van der Waals surface area contributed by atoms with Crippen LogP contribution in [0.4, 0.5) is 0 Å². The van der Waals surface area contributed by atoms with Gasteiger partial charge in [0.25, 0.3) is 0 Å². The van der Waals surface area contributed by atoms with E-state index in [1.807, 2.05) is 30.3 Å². The molecular weight excluding hydrogens is 1110 g/mol. The zero-order valence-corrected chi connectivity index (χ0v) is 49.6. The van der Waals surface area contributed by atoms with E-state index >= 15 is 0 Å². The molecule has 0 unspecified atom stereocenters. The van der Waals surface area contributed by atoms with Crippen molar-refractivity contribution >= 4 is 121 Å². The van der Waals surface area contributed by atoms with Gasteiger partial charge >= 0.3 is 7.12 Å². The monoisotopic (exact) mass is 1160 g/mol. The summed E-state index contributed by atoms with van der Waals surface area (Å²) in [6.45, 7) is 8.44. The molecule has 1 fully saturated rings. The first-order valence-corrected chi connectivity index (χ1v) is 30.7. The van der Waals surface area contributed by atoms with Crippen LogP contribution in [0.5, 0.6) is 0 Å². The van der Waals surface area contributed by atoms with Crippen molar-refractivity contribution < 1.29 is 22.6 Å². The van der Waals surface area contributed by atoms with Crippen LogP contribution in [0.2, 0.25) is 0 Å². The van der Waals surface area contributed by atoms with Crippen LogP contribution < -0.4 is 5.46 Å². The summed E-state index contributed by atoms with van der Waals surface area (Å²) in [5.74, 6) is 1.67. The fourth-order valence-corrected chi connectivity index (χ4v) is 14.5. The maximum atomic E-state index is 6.75. The van der Waals surface area contributed by atoms with Gasteiger partial charge in [0.15, 0.2) is 17.5 Å². The number of hydrogen-bond donors (Lipinski definition) is 0. The van der Waals surface area contributed by atoms with Crippen molar-refractivity contribution in [3.8, 4) is 78.7 Å². The van der Waals surface area contributed by atoms with Gasteiger partial charge in [-0.1, -0.05) is 188 Å². The molecule has 0 N–H and O–H groups in total. The lowest BCUT2D eigenvalue weighted by molar-refractivity contribution is 0.00578. The topological polar surface area (TPSA) is 96.6 Å². The molecule has 0 saturated carbocycles. The number of rotatable bonds is 8. The second-order valence-electron chi connectivity index (χ2n) is 25.1. The van der Waals surface area contributed by atoms with Crippen LogP contribution in [0.25, 0.3) is 188 Å². The molecule has 0 spiro atoms. The zero-order valence-electron chi connectivity index (χ0n) is 49.6. The zero-order chi connectivity index (χ0) is 59.7. The molecule has 9 heteroatoms. The first-order chi connectivity index (χ1) is 44.1. The van der Waals surface area contributed by atoms with Crippen molar-refractivity contribution in [2.75, 3.05) is 0 Å². The van der Waals surface area contributed by atoms with Gasteiger partial charge in [-0.15, -0.1) is 0 Å². The van der Waals surface area contributed by atoms with Crippen molar-refractivity contribution in [1.82, 2.24) is 15.0 Å². The summed E-state index contributed by atoms with van der Waals surface area (Å²) in [5, 5.41) is 15.7. The number of nitrogens with zero attached hydrogens (tertiary/aromatic N) is 3. The van der Waals surface area contributed by atoms with Crippen LogP contribution in [0, 0.1) is 0 Å². The molecule has 0 bridgehead atoms. The summed E-state index contributed by atoms with van der Waals surface area (Å²) >= 11 is 0. The van der Waals surface area contributed by atoms with Crippen molar-refractivity contribution in [3.05, 3.63) is 243 Å². The molecule has 0 aliphatic carbocycles. The summed E-state index contributed by atoms with van der Waals surface area (Å²) in [7, 11) is -0.548. The van der Waals surface area contributed by atoms with E-state index in [2.05, 4.69) is 240 Å². The Kier molecular flexibility index (Phi) is 10.7. The Hall–Kier alpha value is -11.0. The SMILES string of the molecule is CC1(C)OB(c2cc(-c3ccc(-c4ccc(-c5cc(-c6nc(-c7ccccc7)nc(-c7ccc8c(c7)oc7cccc(-c9ccccc9)c78)n6)cc6c7cccc8oc9cccc(c56)c9c87)cc4)cc3)c3c(c2)c2cccc4oc5cccc3c5c42)OC1(C)C. The lowest BCUT2D eigenvalue weighted by atomic mass is 9.75. The number of benzene rings is 14. The normalized spacial score (nSPS) is 14.3. The maximum absolute atomic E-state index is 6.75. The van der Waals surface area contributed by atoms with E-state index in [9.17, 15) is 0 Å². The smallest absolute Gasteiger partial charge is 0.456 e. The van der Waals surface area contributed by atoms with Gasteiger partial charge in [-0.25, -0.2) is 15.0 Å². The van der Waals surface area contributed by atoms with E-state index in [4.69, 9.17) is 37.5 Å². The van der Waals surface area contributed by atoms with Crippen LogP contribution in [0.3, 0.4) is 0 Å². The Morgan fingerprint density at radius 2 is 0.667 bits per heavy atom. The largest absolute Gasteiger partial charge is 0.494 e. The van der Waals surface area contributed by atoms with E-state index in [0.717, 1.165) is 170 Å². The molecule has 18 aromatic rings. The highest BCUT2D eigenvalue weighted by Crippen LogP contribution is 2.50. The van der Waals surface area contributed by atoms with Gasteiger partial charge < -0.3 is 22.6 Å². The third-order valence-electron chi connectivity index (χ3n) is 19.5. The molecule has 90 heavy (non-hydrogen) atoms. The van der Waals surface area contributed by atoms with Gasteiger partial charge in [-0.2, -0.15) is 0 Å². The second kappa shape index (κ2) is 18.8. The molecule has 14 aromatic carbocycles. The molecule has 1 aliphatic rings. The van der Waals surface area contributed by atoms with E-state index in [-0.39, 0.29) is 0 Å². The van der Waals surface area contributed by atoms with Gasteiger partial charge in [0.1, 0.15) is 33.5 Å². The maximum Gasteiger partial charge on any atom is 0.494 e. The minimum absolute atomic E-state index is 0.503. The van der Waals surface area contributed by atoms with Crippen LogP contribution in [0.15, 0.2) is 256 Å². The van der Waals surface area contributed by atoms with Crippen molar-refractivity contribution in [2.45, 2.75) is 38.9 Å². The summed E-state index contributed by atoms with van der Waals surface area (Å²) < 4.78 is 33.3. The molecule has 0 amide bonds. The van der Waals surface area contributed by atoms with E-state index < -0.39 is 18.3 Å². The summed E-state index contributed by atoms with van der Waals surface area (Å²) in [5.41, 5.74) is 16.4. The summed E-state index contributed by atoms with van der Waals surface area (Å²) in [6, 6.07) is 85.8. The Labute approximate surface area is 516 Å². The van der Waals surface area contributed by atoms with Gasteiger partial charge in [-0.05, 0) is 175 Å². The predicted molar refractivity (Wildman–Crippen MR) is 368 cm³/mol. The highest BCUT2D eigenvalue weighted by Gasteiger charge is 2.52. The van der Waals surface area contributed by atoms with E-state index in [0.29, 0.717) is 17.5 Å². The molecule has 424 valence electrons. The molecule has 4 aromatic heterocycles. The van der Waals surface area contributed by atoms with Crippen LogP contribution in [-0.2, 0) is 9.31 Å². The quantitative estimate of drug-likeness (QED) is 0.110. The van der Waals surface area contributed by atoms with Gasteiger partial charge in [0.2, 0.25) is 0 Å². The fourth-order valence-electron chi connectivity index (χ4n) is 14.5. The van der Waals surface area contributed by atoms with Gasteiger partial charge in [-0.3, -0.25) is 0 Å².